The molecule has 1 aliphatic heterocycles. The van der Waals surface area contributed by atoms with Crippen molar-refractivity contribution in [2.24, 2.45) is 16.7 Å². The van der Waals surface area contributed by atoms with E-state index < -0.39 is 70.2 Å². The van der Waals surface area contributed by atoms with Crippen LogP contribution in [-0.2, 0) is 19.1 Å². The van der Waals surface area contributed by atoms with Crippen molar-refractivity contribution in [3.05, 3.63) is 11.1 Å². The zero-order valence-corrected chi connectivity index (χ0v) is 18.5. The Bertz CT molecular complexity index is 865. The van der Waals surface area contributed by atoms with Crippen molar-refractivity contribution in [2.45, 2.75) is 89.2 Å². The van der Waals surface area contributed by atoms with Crippen molar-refractivity contribution in [1.29, 1.82) is 0 Å². The van der Waals surface area contributed by atoms with Gasteiger partial charge in [0.2, 0.25) is 0 Å². The summed E-state index contributed by atoms with van der Waals surface area (Å²) in [5, 5.41) is 56.7. The number of carbonyl (C=O) groups is 2. The molecule has 9 nitrogen and oxygen atoms in total. The standard InChI is InChI=1S/C22H32O9/c1-9-11(24)7-22(29)18(31-10(2)23)16-20(5,12(25)6-13-21(16,28)8-30-13)17(27)15(26)14(9)19(22,3)4/h11-13,15-16,18,24-26,28-29H,6-8H2,1-5H3/t11-,12-,13+,15+,16-,18?,20+,21-,22+/m0/s1. The molecular formula is C22H32O9. The Morgan fingerprint density at radius 1 is 1.16 bits per heavy atom. The summed E-state index contributed by atoms with van der Waals surface area (Å²) in [6.07, 6.45) is -6.80. The van der Waals surface area contributed by atoms with Crippen LogP contribution in [-0.4, -0.2) is 85.6 Å². The van der Waals surface area contributed by atoms with Crippen LogP contribution in [0.15, 0.2) is 11.1 Å². The number of ether oxygens (including phenoxy) is 2. The minimum Gasteiger partial charge on any atom is -0.459 e. The first kappa shape index (κ1) is 22.8. The van der Waals surface area contributed by atoms with Crippen LogP contribution < -0.4 is 0 Å². The first-order valence-corrected chi connectivity index (χ1v) is 10.7. The number of aliphatic hydroxyl groups is 5. The van der Waals surface area contributed by atoms with Crippen molar-refractivity contribution in [3.8, 4) is 0 Å². The van der Waals surface area contributed by atoms with E-state index in [-0.39, 0.29) is 25.0 Å². The molecule has 4 aliphatic rings. The van der Waals surface area contributed by atoms with Gasteiger partial charge >= 0.3 is 5.97 Å². The minimum absolute atomic E-state index is 0.0444. The number of rotatable bonds is 1. The van der Waals surface area contributed by atoms with Gasteiger partial charge in [0.15, 0.2) is 5.78 Å². The van der Waals surface area contributed by atoms with E-state index in [1.165, 1.54) is 6.92 Å². The molecule has 2 saturated carbocycles. The molecule has 5 N–H and O–H groups in total. The van der Waals surface area contributed by atoms with Gasteiger partial charge in [0.05, 0.1) is 30.3 Å². The maximum absolute atomic E-state index is 13.8. The van der Waals surface area contributed by atoms with Crippen LogP contribution in [0, 0.1) is 16.7 Å². The molecular weight excluding hydrogens is 408 g/mol. The number of aliphatic hydroxyl groups excluding tert-OH is 3. The highest BCUT2D eigenvalue weighted by atomic mass is 16.6. The van der Waals surface area contributed by atoms with Crippen LogP contribution in [0.2, 0.25) is 0 Å². The first-order chi connectivity index (χ1) is 14.1. The number of hydrogen-bond donors (Lipinski definition) is 5. The Balaban J connectivity index is 2.06. The Labute approximate surface area is 180 Å². The van der Waals surface area contributed by atoms with E-state index in [0.717, 1.165) is 6.92 Å². The highest BCUT2D eigenvalue weighted by Crippen LogP contribution is 2.62. The van der Waals surface area contributed by atoms with Crippen molar-refractivity contribution < 1.29 is 44.6 Å². The molecule has 0 aromatic heterocycles. The SMILES string of the molecule is CC(=O)OC1[C@@H]2[C@]3(O)CO[C@@H]3C[C@H](O)[C@@]2(C)C(=O)[C@H](O)C2=C(C)[C@@H](O)C[C@]1(O)C2(C)C. The Morgan fingerprint density at radius 2 is 1.77 bits per heavy atom. The Hall–Kier alpha value is -1.36. The van der Waals surface area contributed by atoms with Gasteiger partial charge in [-0.1, -0.05) is 13.8 Å². The monoisotopic (exact) mass is 440 g/mol. The third-order valence-corrected chi connectivity index (χ3v) is 8.69. The summed E-state index contributed by atoms with van der Waals surface area (Å²) in [6.45, 7) is 7.23. The third-order valence-electron chi connectivity index (χ3n) is 8.69. The van der Waals surface area contributed by atoms with E-state index >= 15 is 0 Å². The molecule has 4 rings (SSSR count). The fourth-order valence-corrected chi connectivity index (χ4v) is 6.69. The van der Waals surface area contributed by atoms with Crippen LogP contribution in [0.5, 0.6) is 0 Å². The topological polar surface area (TPSA) is 154 Å². The summed E-state index contributed by atoms with van der Waals surface area (Å²) in [7, 11) is 0. The molecule has 1 saturated heterocycles. The summed E-state index contributed by atoms with van der Waals surface area (Å²) < 4.78 is 11.1. The maximum atomic E-state index is 13.8. The van der Waals surface area contributed by atoms with Crippen molar-refractivity contribution in [1.82, 2.24) is 0 Å². The zero-order valence-electron chi connectivity index (χ0n) is 18.5. The van der Waals surface area contributed by atoms with Gasteiger partial charge in [-0.05, 0) is 25.0 Å². The van der Waals surface area contributed by atoms with Crippen molar-refractivity contribution in [2.75, 3.05) is 6.61 Å². The lowest BCUT2D eigenvalue weighted by Crippen LogP contribution is -2.81. The predicted molar refractivity (Wildman–Crippen MR) is 106 cm³/mol. The lowest BCUT2D eigenvalue weighted by molar-refractivity contribution is -0.345. The first-order valence-electron chi connectivity index (χ1n) is 10.7. The number of ketones is 1. The number of hydrogen-bond acceptors (Lipinski definition) is 9. The maximum Gasteiger partial charge on any atom is 0.303 e. The molecule has 9 heteroatoms. The third kappa shape index (κ3) is 2.59. The van der Waals surface area contributed by atoms with Crippen LogP contribution >= 0.6 is 0 Å². The van der Waals surface area contributed by atoms with Gasteiger partial charge in [-0.3, -0.25) is 9.59 Å². The molecule has 174 valence electrons. The minimum atomic E-state index is -1.95. The summed E-state index contributed by atoms with van der Waals surface area (Å²) in [5.41, 5.74) is -6.17. The van der Waals surface area contributed by atoms with Gasteiger partial charge in [0.1, 0.15) is 23.4 Å². The van der Waals surface area contributed by atoms with Crippen LogP contribution in [0.4, 0.5) is 0 Å². The van der Waals surface area contributed by atoms with E-state index in [1.54, 1.807) is 20.8 Å². The summed E-state index contributed by atoms with van der Waals surface area (Å²) in [6, 6.07) is 0. The van der Waals surface area contributed by atoms with E-state index in [1.807, 2.05) is 0 Å². The predicted octanol–water partition coefficient (Wildman–Crippen LogP) is -0.783. The normalized spacial score (nSPS) is 51.1. The molecule has 1 unspecified atom stereocenters. The average molecular weight is 440 g/mol. The molecule has 3 fully saturated rings. The van der Waals surface area contributed by atoms with Gasteiger partial charge in [0.25, 0.3) is 0 Å². The van der Waals surface area contributed by atoms with E-state index in [9.17, 15) is 35.1 Å². The number of fused-ring (bicyclic) bond motifs is 5. The van der Waals surface area contributed by atoms with E-state index in [2.05, 4.69) is 0 Å². The second-order valence-corrected chi connectivity index (χ2v) is 10.5. The molecule has 3 aliphatic carbocycles. The van der Waals surface area contributed by atoms with Crippen molar-refractivity contribution >= 4 is 11.8 Å². The Morgan fingerprint density at radius 3 is 2.29 bits per heavy atom. The molecule has 0 aromatic carbocycles. The number of Topliss-reactive ketones (excluding diaryl/α,β-unsaturated/α-hetero) is 1. The van der Waals surface area contributed by atoms with E-state index in [0.29, 0.717) is 5.57 Å². The molecule has 0 aromatic rings. The van der Waals surface area contributed by atoms with Gasteiger partial charge < -0.3 is 35.0 Å². The molecule has 0 spiro atoms. The summed E-state index contributed by atoms with van der Waals surface area (Å²) in [5.74, 6) is -2.77. The largest absolute Gasteiger partial charge is 0.459 e. The molecule has 1 heterocycles. The van der Waals surface area contributed by atoms with Crippen LogP contribution in [0.25, 0.3) is 0 Å². The average Bonchev–Trinajstić information content (AvgIpc) is 2.66. The molecule has 9 atom stereocenters. The summed E-state index contributed by atoms with van der Waals surface area (Å²) >= 11 is 0. The fourth-order valence-electron chi connectivity index (χ4n) is 6.69. The van der Waals surface area contributed by atoms with Gasteiger partial charge in [0, 0.05) is 31.1 Å². The highest BCUT2D eigenvalue weighted by Gasteiger charge is 2.76. The second kappa shape index (κ2) is 6.59. The fraction of sp³-hybridized carbons (Fsp3) is 0.818. The number of carbonyl (C=O) groups excluding carboxylic acids is 2. The summed E-state index contributed by atoms with van der Waals surface area (Å²) in [4.78, 5) is 25.9. The quantitative estimate of drug-likeness (QED) is 0.261. The van der Waals surface area contributed by atoms with Crippen LogP contribution in [0.3, 0.4) is 0 Å². The highest BCUT2D eigenvalue weighted by molar-refractivity contribution is 5.93. The number of esters is 1. The smallest absolute Gasteiger partial charge is 0.303 e. The molecule has 0 amide bonds. The van der Waals surface area contributed by atoms with Gasteiger partial charge in [-0.25, -0.2) is 0 Å². The molecule has 2 bridgehead atoms. The molecule has 31 heavy (non-hydrogen) atoms. The van der Waals surface area contributed by atoms with Crippen molar-refractivity contribution in [3.63, 3.8) is 0 Å². The van der Waals surface area contributed by atoms with Gasteiger partial charge in [-0.2, -0.15) is 0 Å². The van der Waals surface area contributed by atoms with E-state index in [4.69, 9.17) is 9.47 Å². The lowest BCUT2D eigenvalue weighted by Gasteiger charge is -2.66. The zero-order chi connectivity index (χ0) is 23.3. The van der Waals surface area contributed by atoms with Crippen LogP contribution in [0.1, 0.15) is 47.5 Å². The second-order valence-electron chi connectivity index (χ2n) is 10.5. The molecule has 0 radical (unpaired) electrons. The Kier molecular flexibility index (Phi) is 4.85. The van der Waals surface area contributed by atoms with Gasteiger partial charge in [-0.15, -0.1) is 0 Å². The lowest BCUT2D eigenvalue weighted by atomic mass is 9.45.